The zero-order valence-corrected chi connectivity index (χ0v) is 13.5. The van der Waals surface area contributed by atoms with Crippen molar-refractivity contribution in [3.05, 3.63) is 12.1 Å². The van der Waals surface area contributed by atoms with Crippen LogP contribution in [-0.4, -0.2) is 54.4 Å². The number of hydrogen-bond acceptors (Lipinski definition) is 6. The maximum Gasteiger partial charge on any atom is 0.320 e. The van der Waals surface area contributed by atoms with E-state index in [2.05, 4.69) is 25.7 Å². The molecule has 0 atom stereocenters. The second-order valence-corrected chi connectivity index (χ2v) is 6.12. The molecule has 8 heteroatoms. The van der Waals surface area contributed by atoms with E-state index in [1.807, 2.05) is 19.9 Å². The summed E-state index contributed by atoms with van der Waals surface area (Å²) in [6.07, 6.45) is 1.65. The van der Waals surface area contributed by atoms with Gasteiger partial charge in [0.1, 0.15) is 0 Å². The summed E-state index contributed by atoms with van der Waals surface area (Å²) < 4.78 is 11.4. The molecule has 1 aromatic heterocycles. The summed E-state index contributed by atoms with van der Waals surface area (Å²) in [6, 6.07) is 3.42. The van der Waals surface area contributed by atoms with E-state index in [0.29, 0.717) is 19.0 Å². The molecule has 3 rings (SSSR count). The third kappa shape index (κ3) is 3.89. The van der Waals surface area contributed by atoms with Gasteiger partial charge in [0.05, 0.1) is 13.2 Å². The Hall–Kier alpha value is -1.93. The maximum absolute atomic E-state index is 11.6. The highest BCUT2D eigenvalue weighted by molar-refractivity contribution is 5.88. The molecule has 0 bridgehead atoms. The van der Waals surface area contributed by atoms with E-state index in [1.54, 1.807) is 6.07 Å². The second kappa shape index (κ2) is 6.67. The lowest BCUT2D eigenvalue weighted by atomic mass is 10.0. The van der Waals surface area contributed by atoms with Crippen molar-refractivity contribution >= 4 is 17.7 Å². The van der Waals surface area contributed by atoms with Crippen LogP contribution in [0.25, 0.3) is 0 Å². The van der Waals surface area contributed by atoms with E-state index in [0.717, 1.165) is 31.7 Å². The predicted octanol–water partition coefficient (Wildman–Crippen LogP) is 1.35. The number of anilines is 2. The number of aromatic nitrogens is 2. The molecular formula is C15H23N5O3. The minimum atomic E-state index is -0.389. The number of carbonyl (C=O) groups is 1. The molecule has 23 heavy (non-hydrogen) atoms. The second-order valence-electron chi connectivity index (χ2n) is 6.12. The first-order valence-electron chi connectivity index (χ1n) is 8.00. The summed E-state index contributed by atoms with van der Waals surface area (Å²) in [4.78, 5) is 13.8. The highest BCUT2D eigenvalue weighted by atomic mass is 16.7. The molecule has 0 aliphatic carbocycles. The van der Waals surface area contributed by atoms with Crippen LogP contribution in [0.5, 0.6) is 0 Å². The van der Waals surface area contributed by atoms with Crippen molar-refractivity contribution in [2.75, 3.05) is 36.5 Å². The summed E-state index contributed by atoms with van der Waals surface area (Å²) in [5.41, 5.74) is 0. The highest BCUT2D eigenvalue weighted by Gasteiger charge is 2.40. The van der Waals surface area contributed by atoms with Gasteiger partial charge in [0.25, 0.3) is 0 Å². The van der Waals surface area contributed by atoms with E-state index < -0.39 is 0 Å². The van der Waals surface area contributed by atoms with Gasteiger partial charge in [-0.2, -0.15) is 0 Å². The van der Waals surface area contributed by atoms with E-state index in [1.165, 1.54) is 0 Å². The van der Waals surface area contributed by atoms with Crippen molar-refractivity contribution in [3.8, 4) is 0 Å². The Kier molecular flexibility index (Phi) is 4.63. The smallest absolute Gasteiger partial charge is 0.320 e. The number of amides is 2. The maximum atomic E-state index is 11.6. The fraction of sp³-hybridized carbons (Fsp3) is 0.667. The first kappa shape index (κ1) is 15.9. The zero-order valence-electron chi connectivity index (χ0n) is 13.5. The van der Waals surface area contributed by atoms with Gasteiger partial charge in [-0.1, -0.05) is 0 Å². The molecule has 126 valence electrons. The minimum Gasteiger partial charge on any atom is -0.355 e. The molecule has 2 saturated heterocycles. The number of piperidine rings is 1. The Labute approximate surface area is 135 Å². The average molecular weight is 321 g/mol. The molecular weight excluding hydrogens is 298 g/mol. The van der Waals surface area contributed by atoms with Gasteiger partial charge in [0.2, 0.25) is 0 Å². The van der Waals surface area contributed by atoms with Crippen molar-refractivity contribution in [1.82, 2.24) is 15.5 Å². The molecule has 2 fully saturated rings. The molecule has 2 aliphatic heterocycles. The predicted molar refractivity (Wildman–Crippen MR) is 85.4 cm³/mol. The number of carbonyl (C=O) groups excluding carboxylic acids is 1. The molecule has 8 nitrogen and oxygen atoms in total. The van der Waals surface area contributed by atoms with Crippen molar-refractivity contribution < 1.29 is 14.3 Å². The van der Waals surface area contributed by atoms with Gasteiger partial charge in [-0.05, 0) is 26.0 Å². The van der Waals surface area contributed by atoms with Gasteiger partial charge < -0.3 is 19.7 Å². The van der Waals surface area contributed by atoms with Crippen LogP contribution in [0.2, 0.25) is 0 Å². The fourth-order valence-electron chi connectivity index (χ4n) is 2.84. The Balaban J connectivity index is 1.54. The van der Waals surface area contributed by atoms with Crippen LogP contribution in [0, 0.1) is 0 Å². The SMILES string of the molecule is CC(C)NC(=O)Nc1ccc(N2CCC3(CC2)OCCO3)nn1. The minimum absolute atomic E-state index is 0.0722. The van der Waals surface area contributed by atoms with Gasteiger partial charge in [-0.25, -0.2) is 4.79 Å². The number of rotatable bonds is 3. The molecule has 0 unspecified atom stereocenters. The molecule has 1 aromatic rings. The number of nitrogens with one attached hydrogen (secondary N) is 2. The van der Waals surface area contributed by atoms with Gasteiger partial charge in [0.15, 0.2) is 17.4 Å². The van der Waals surface area contributed by atoms with E-state index in [9.17, 15) is 4.79 Å². The summed E-state index contributed by atoms with van der Waals surface area (Å²) in [6.45, 7) is 6.78. The van der Waals surface area contributed by atoms with Crippen LogP contribution in [0.15, 0.2) is 12.1 Å². The molecule has 3 heterocycles. The Morgan fingerprint density at radius 1 is 1.22 bits per heavy atom. The number of nitrogens with zero attached hydrogens (tertiary/aromatic N) is 3. The van der Waals surface area contributed by atoms with Crippen LogP contribution >= 0.6 is 0 Å². The quantitative estimate of drug-likeness (QED) is 0.873. The Morgan fingerprint density at radius 3 is 2.48 bits per heavy atom. The molecule has 2 aliphatic rings. The topological polar surface area (TPSA) is 88.6 Å². The number of hydrogen-bond donors (Lipinski definition) is 2. The Bertz CT molecular complexity index is 533. The third-order valence-electron chi connectivity index (χ3n) is 3.97. The first-order chi connectivity index (χ1) is 11.1. The lowest BCUT2D eigenvalue weighted by Crippen LogP contribution is -2.45. The molecule has 0 aromatic carbocycles. The summed E-state index contributed by atoms with van der Waals surface area (Å²) >= 11 is 0. The standard InChI is InChI=1S/C15H23N5O3/c1-11(2)16-14(21)17-12-3-4-13(19-18-12)20-7-5-15(6-8-20)22-9-10-23-15/h3-4,11H,5-10H2,1-2H3,(H2,16,17,18,21). The van der Waals surface area contributed by atoms with Gasteiger partial charge in [-0.3, -0.25) is 5.32 Å². The highest BCUT2D eigenvalue weighted by Crippen LogP contribution is 2.32. The molecule has 2 N–H and O–H groups in total. The van der Waals surface area contributed by atoms with Crippen molar-refractivity contribution in [3.63, 3.8) is 0 Å². The molecule has 0 saturated carbocycles. The summed E-state index contributed by atoms with van der Waals surface area (Å²) in [5.74, 6) is 0.843. The van der Waals surface area contributed by atoms with Crippen molar-refractivity contribution in [2.24, 2.45) is 0 Å². The van der Waals surface area contributed by atoms with E-state index in [-0.39, 0.29) is 17.9 Å². The lowest BCUT2D eigenvalue weighted by Gasteiger charge is -2.37. The van der Waals surface area contributed by atoms with Gasteiger partial charge in [-0.15, -0.1) is 10.2 Å². The summed E-state index contributed by atoms with van der Waals surface area (Å²) in [5, 5.41) is 13.7. The number of ether oxygens (including phenoxy) is 2. The largest absolute Gasteiger partial charge is 0.355 e. The zero-order chi connectivity index (χ0) is 16.3. The monoisotopic (exact) mass is 321 g/mol. The van der Waals surface area contributed by atoms with Crippen molar-refractivity contribution in [1.29, 1.82) is 0 Å². The van der Waals surface area contributed by atoms with Gasteiger partial charge >= 0.3 is 6.03 Å². The van der Waals surface area contributed by atoms with E-state index >= 15 is 0 Å². The van der Waals surface area contributed by atoms with E-state index in [4.69, 9.17) is 9.47 Å². The molecule has 2 amide bonds. The average Bonchev–Trinajstić information content (AvgIpc) is 2.96. The fourth-order valence-corrected chi connectivity index (χ4v) is 2.84. The van der Waals surface area contributed by atoms with Crippen molar-refractivity contribution in [2.45, 2.75) is 38.5 Å². The summed E-state index contributed by atoms with van der Waals surface area (Å²) in [7, 11) is 0. The lowest BCUT2D eigenvalue weighted by molar-refractivity contribution is -0.169. The van der Waals surface area contributed by atoms with Crippen LogP contribution in [0.3, 0.4) is 0 Å². The molecule has 1 spiro atoms. The third-order valence-corrected chi connectivity index (χ3v) is 3.97. The van der Waals surface area contributed by atoms with Crippen LogP contribution in [-0.2, 0) is 9.47 Å². The number of urea groups is 1. The first-order valence-corrected chi connectivity index (χ1v) is 8.00. The molecule has 0 radical (unpaired) electrons. The Morgan fingerprint density at radius 2 is 1.91 bits per heavy atom. The van der Waals surface area contributed by atoms with Crippen LogP contribution in [0.4, 0.5) is 16.4 Å². The van der Waals surface area contributed by atoms with Crippen LogP contribution in [0.1, 0.15) is 26.7 Å². The normalized spacial score (nSPS) is 20.0. The van der Waals surface area contributed by atoms with Gasteiger partial charge in [0, 0.05) is 32.0 Å². The van der Waals surface area contributed by atoms with Crippen LogP contribution < -0.4 is 15.5 Å².